The Labute approximate surface area is 159 Å². The van der Waals surface area contributed by atoms with Crippen LogP contribution < -0.4 is 9.64 Å². The fraction of sp³-hybridized carbons (Fsp3) is 0.333. The molecule has 5 nitrogen and oxygen atoms in total. The Hall–Kier alpha value is -2.91. The first-order valence-corrected chi connectivity index (χ1v) is 8.80. The zero-order valence-electron chi connectivity index (χ0n) is 15.7. The second-order valence-electron chi connectivity index (χ2n) is 6.33. The van der Waals surface area contributed by atoms with Gasteiger partial charge in [0.25, 0.3) is 0 Å². The average molecular weight is 369 g/mol. The van der Waals surface area contributed by atoms with Crippen LogP contribution in [0.15, 0.2) is 48.5 Å². The number of nitriles is 1. The molecule has 0 bridgehead atoms. The molecular weight excluding hydrogens is 345 g/mol. The number of amides is 1. The summed E-state index contributed by atoms with van der Waals surface area (Å²) in [7, 11) is 1.84. The van der Waals surface area contributed by atoms with E-state index in [4.69, 9.17) is 10.00 Å². The van der Waals surface area contributed by atoms with Crippen molar-refractivity contribution in [2.45, 2.75) is 13.3 Å². The molecule has 2 rings (SSSR count). The number of nitrogens with zero attached hydrogens (tertiary/aromatic N) is 3. The predicted octanol–water partition coefficient (Wildman–Crippen LogP) is 3.39. The molecule has 0 N–H and O–H groups in total. The van der Waals surface area contributed by atoms with Crippen LogP contribution in [0.5, 0.6) is 5.75 Å². The van der Waals surface area contributed by atoms with Gasteiger partial charge in [-0.1, -0.05) is 17.7 Å². The third kappa shape index (κ3) is 6.72. The van der Waals surface area contributed by atoms with Gasteiger partial charge in [-0.15, -0.1) is 0 Å². The molecule has 0 aliphatic heterocycles. The predicted molar refractivity (Wildman–Crippen MR) is 103 cm³/mol. The Balaban J connectivity index is 1.88. The Morgan fingerprint density at radius 3 is 2.41 bits per heavy atom. The molecule has 27 heavy (non-hydrogen) atoms. The zero-order valence-corrected chi connectivity index (χ0v) is 15.7. The molecular formula is C21H24FN3O2. The molecule has 142 valence electrons. The van der Waals surface area contributed by atoms with Crippen LogP contribution >= 0.6 is 0 Å². The molecule has 0 atom stereocenters. The number of benzene rings is 2. The summed E-state index contributed by atoms with van der Waals surface area (Å²) >= 11 is 0. The molecule has 0 saturated heterocycles. The minimum absolute atomic E-state index is 0.144. The number of ether oxygens (including phenoxy) is 1. The van der Waals surface area contributed by atoms with Crippen LogP contribution in [0.4, 0.5) is 10.1 Å². The van der Waals surface area contributed by atoms with E-state index in [1.807, 2.05) is 49.2 Å². The lowest BCUT2D eigenvalue weighted by Gasteiger charge is -2.25. The quantitative estimate of drug-likeness (QED) is 0.680. The number of aryl methyl sites for hydroxylation is 1. The fourth-order valence-electron chi connectivity index (χ4n) is 2.53. The molecule has 0 heterocycles. The van der Waals surface area contributed by atoms with Crippen LogP contribution in [0.25, 0.3) is 0 Å². The molecule has 0 spiro atoms. The third-order valence-electron chi connectivity index (χ3n) is 4.05. The first kappa shape index (κ1) is 20.4. The number of hydrogen-bond acceptors (Lipinski definition) is 4. The largest absolute Gasteiger partial charge is 0.492 e. The number of carbonyl (C=O) groups is 1. The fourth-order valence-corrected chi connectivity index (χ4v) is 2.53. The van der Waals surface area contributed by atoms with E-state index in [2.05, 4.69) is 0 Å². The first-order valence-electron chi connectivity index (χ1n) is 8.80. The average Bonchev–Trinajstić information content (AvgIpc) is 2.65. The summed E-state index contributed by atoms with van der Waals surface area (Å²) in [5.74, 6) is 0.286. The van der Waals surface area contributed by atoms with Gasteiger partial charge in [0.05, 0.1) is 19.0 Å². The van der Waals surface area contributed by atoms with E-state index in [-0.39, 0.29) is 31.2 Å². The van der Waals surface area contributed by atoms with Gasteiger partial charge in [-0.2, -0.15) is 5.26 Å². The van der Waals surface area contributed by atoms with Gasteiger partial charge >= 0.3 is 0 Å². The van der Waals surface area contributed by atoms with Gasteiger partial charge in [-0.25, -0.2) is 4.39 Å². The number of hydrogen-bond donors (Lipinski definition) is 0. The van der Waals surface area contributed by atoms with E-state index in [9.17, 15) is 9.18 Å². The number of halogens is 1. The van der Waals surface area contributed by atoms with Crippen molar-refractivity contribution in [1.29, 1.82) is 5.26 Å². The van der Waals surface area contributed by atoms with Crippen molar-refractivity contribution < 1.29 is 13.9 Å². The van der Waals surface area contributed by atoms with E-state index in [0.717, 1.165) is 5.75 Å². The molecule has 0 radical (unpaired) electrons. The van der Waals surface area contributed by atoms with Crippen molar-refractivity contribution in [2.24, 2.45) is 0 Å². The topological polar surface area (TPSA) is 56.6 Å². The Morgan fingerprint density at radius 2 is 1.78 bits per heavy atom. The molecule has 6 heteroatoms. The molecule has 0 aromatic heterocycles. The second-order valence-corrected chi connectivity index (χ2v) is 6.33. The summed E-state index contributed by atoms with van der Waals surface area (Å²) < 4.78 is 18.8. The van der Waals surface area contributed by atoms with Crippen LogP contribution in [0.2, 0.25) is 0 Å². The second kappa shape index (κ2) is 10.3. The maximum Gasteiger partial charge on any atom is 0.241 e. The molecule has 0 fully saturated rings. The Kier molecular flexibility index (Phi) is 7.78. The van der Waals surface area contributed by atoms with Crippen molar-refractivity contribution in [1.82, 2.24) is 4.90 Å². The number of anilines is 1. The molecule has 0 saturated carbocycles. The van der Waals surface area contributed by atoms with Gasteiger partial charge < -0.3 is 9.64 Å². The number of likely N-dealkylation sites (N-methyl/N-ethyl adjacent to an activating group) is 1. The van der Waals surface area contributed by atoms with Gasteiger partial charge in [-0.05, 0) is 50.4 Å². The van der Waals surface area contributed by atoms with E-state index in [0.29, 0.717) is 18.8 Å². The van der Waals surface area contributed by atoms with Crippen LogP contribution in [0.3, 0.4) is 0 Å². The van der Waals surface area contributed by atoms with E-state index in [1.54, 1.807) is 12.1 Å². The Morgan fingerprint density at radius 1 is 1.11 bits per heavy atom. The molecule has 1 amide bonds. The van der Waals surface area contributed by atoms with Gasteiger partial charge in [0.15, 0.2) is 0 Å². The highest BCUT2D eigenvalue weighted by molar-refractivity contribution is 5.94. The lowest BCUT2D eigenvalue weighted by molar-refractivity contribution is -0.119. The van der Waals surface area contributed by atoms with Gasteiger partial charge in [-0.3, -0.25) is 9.69 Å². The minimum atomic E-state index is -0.364. The highest BCUT2D eigenvalue weighted by Crippen LogP contribution is 2.16. The summed E-state index contributed by atoms with van der Waals surface area (Å²) in [6.07, 6.45) is 0.212. The van der Waals surface area contributed by atoms with Crippen molar-refractivity contribution in [3.05, 3.63) is 59.9 Å². The third-order valence-corrected chi connectivity index (χ3v) is 4.05. The summed E-state index contributed by atoms with van der Waals surface area (Å²) in [4.78, 5) is 16.0. The van der Waals surface area contributed by atoms with Gasteiger partial charge in [0, 0.05) is 18.8 Å². The molecule has 2 aromatic carbocycles. The van der Waals surface area contributed by atoms with Gasteiger partial charge in [0.2, 0.25) is 5.91 Å². The number of carbonyl (C=O) groups excluding carboxylic acids is 1. The summed E-state index contributed by atoms with van der Waals surface area (Å²) in [6.45, 7) is 3.51. The lowest BCUT2D eigenvalue weighted by Crippen LogP contribution is -2.40. The highest BCUT2D eigenvalue weighted by Gasteiger charge is 2.17. The normalized spacial score (nSPS) is 10.5. The maximum absolute atomic E-state index is 13.1. The highest BCUT2D eigenvalue weighted by atomic mass is 19.1. The van der Waals surface area contributed by atoms with Crippen molar-refractivity contribution in [3.63, 3.8) is 0 Å². The number of rotatable bonds is 9. The maximum atomic E-state index is 13.1. The monoisotopic (exact) mass is 369 g/mol. The van der Waals surface area contributed by atoms with Crippen molar-refractivity contribution >= 4 is 11.6 Å². The molecule has 0 unspecified atom stereocenters. The molecule has 0 aliphatic carbocycles. The molecule has 2 aromatic rings. The summed E-state index contributed by atoms with van der Waals surface area (Å²) in [6, 6.07) is 15.5. The van der Waals surface area contributed by atoms with Crippen molar-refractivity contribution in [2.75, 3.05) is 38.2 Å². The van der Waals surface area contributed by atoms with Crippen LogP contribution in [0.1, 0.15) is 12.0 Å². The lowest BCUT2D eigenvalue weighted by atomic mass is 10.2. The van der Waals surface area contributed by atoms with Crippen LogP contribution in [0, 0.1) is 24.1 Å². The Bertz CT molecular complexity index is 770. The van der Waals surface area contributed by atoms with Crippen molar-refractivity contribution in [3.8, 4) is 11.8 Å². The molecule has 0 aliphatic rings. The van der Waals surface area contributed by atoms with Gasteiger partial charge in [0.1, 0.15) is 18.2 Å². The first-order chi connectivity index (χ1) is 13.0. The SMILES string of the molecule is Cc1ccc(OCCN(C)CC(=O)N(CCC#N)c2ccc(F)cc2)cc1. The van der Waals surface area contributed by atoms with E-state index < -0.39 is 0 Å². The minimum Gasteiger partial charge on any atom is -0.492 e. The van der Waals surface area contributed by atoms with E-state index in [1.165, 1.54) is 22.6 Å². The van der Waals surface area contributed by atoms with E-state index >= 15 is 0 Å². The van der Waals surface area contributed by atoms with Crippen LogP contribution in [-0.2, 0) is 4.79 Å². The summed E-state index contributed by atoms with van der Waals surface area (Å²) in [5.41, 5.74) is 1.75. The smallest absolute Gasteiger partial charge is 0.241 e. The van der Waals surface area contributed by atoms with Crippen LogP contribution in [-0.4, -0.2) is 44.1 Å². The summed E-state index contributed by atoms with van der Waals surface area (Å²) in [5, 5.41) is 8.84. The standard InChI is InChI=1S/C21H24FN3O2/c1-17-4-10-20(11-5-17)27-15-14-24(2)16-21(26)25(13-3-12-23)19-8-6-18(22)7-9-19/h4-11H,3,13-16H2,1-2H3. The zero-order chi connectivity index (χ0) is 19.6.